The number of anilines is 1. The molecule has 1 heterocycles. The van der Waals surface area contributed by atoms with Gasteiger partial charge in [0.2, 0.25) is 0 Å². The van der Waals surface area contributed by atoms with Crippen LogP contribution in [0, 0.1) is 0 Å². The van der Waals surface area contributed by atoms with E-state index in [4.69, 9.17) is 9.84 Å². The predicted octanol–water partition coefficient (Wildman–Crippen LogP) is -0.203. The first-order valence-electron chi connectivity index (χ1n) is 6.64. The zero-order valence-corrected chi connectivity index (χ0v) is 11.6. The van der Waals surface area contributed by atoms with Gasteiger partial charge in [-0.25, -0.2) is 0 Å². The van der Waals surface area contributed by atoms with Crippen LogP contribution in [-0.2, 0) is 4.74 Å². The van der Waals surface area contributed by atoms with Crippen LogP contribution >= 0.6 is 0 Å². The van der Waals surface area contributed by atoms with Crippen molar-refractivity contribution in [1.29, 1.82) is 0 Å². The Bertz CT molecular complexity index is 509. The van der Waals surface area contributed by atoms with Crippen molar-refractivity contribution in [2.75, 3.05) is 11.9 Å². The zero-order valence-electron chi connectivity index (χ0n) is 11.6. The van der Waals surface area contributed by atoms with Gasteiger partial charge in [-0.3, -0.25) is 0 Å². The number of alkyl halides is 3. The summed E-state index contributed by atoms with van der Waals surface area (Å²) in [6.07, 6.45) is -11.6. The highest BCUT2D eigenvalue weighted by atomic mass is 19.4. The fourth-order valence-electron chi connectivity index (χ4n) is 2.14. The molecule has 0 bridgehead atoms. The second-order valence-electron chi connectivity index (χ2n) is 4.97. The first-order valence-corrected chi connectivity index (χ1v) is 6.64. The predicted molar refractivity (Wildman–Crippen MR) is 70.5 cm³/mol. The normalized spacial score (nSPS) is 31.7. The van der Waals surface area contributed by atoms with Crippen LogP contribution in [0.25, 0.3) is 0 Å². The van der Waals surface area contributed by atoms with E-state index in [9.17, 15) is 28.5 Å². The van der Waals surface area contributed by atoms with Crippen LogP contribution in [0.1, 0.15) is 0 Å². The Balaban J connectivity index is 2.03. The van der Waals surface area contributed by atoms with Gasteiger partial charge in [0.15, 0.2) is 6.23 Å². The molecule has 0 aliphatic carbocycles. The van der Waals surface area contributed by atoms with E-state index in [2.05, 4.69) is 10.1 Å². The van der Waals surface area contributed by atoms with Gasteiger partial charge in [-0.15, -0.1) is 13.2 Å². The maximum absolute atomic E-state index is 12.1. The number of rotatable bonds is 4. The minimum Gasteiger partial charge on any atom is -0.406 e. The molecule has 5 atom stereocenters. The topological polar surface area (TPSA) is 111 Å². The summed E-state index contributed by atoms with van der Waals surface area (Å²) < 4.78 is 45.1. The van der Waals surface area contributed by atoms with Gasteiger partial charge in [0.25, 0.3) is 0 Å². The molecular formula is C13H16F3NO6. The summed E-state index contributed by atoms with van der Waals surface area (Å²) in [5, 5.41) is 40.8. The summed E-state index contributed by atoms with van der Waals surface area (Å²) in [5.74, 6) is -0.420. The highest BCUT2D eigenvalue weighted by Crippen LogP contribution is 2.26. The average molecular weight is 339 g/mol. The maximum atomic E-state index is 12.1. The van der Waals surface area contributed by atoms with Crippen LogP contribution in [0.5, 0.6) is 5.75 Å². The van der Waals surface area contributed by atoms with Crippen molar-refractivity contribution in [2.45, 2.75) is 37.0 Å². The zero-order chi connectivity index (χ0) is 17.2. The van der Waals surface area contributed by atoms with E-state index in [1.807, 2.05) is 0 Å². The number of hydrogen-bond acceptors (Lipinski definition) is 7. The Morgan fingerprint density at radius 3 is 2.17 bits per heavy atom. The lowest BCUT2D eigenvalue weighted by Gasteiger charge is -2.40. The second-order valence-corrected chi connectivity index (χ2v) is 4.97. The van der Waals surface area contributed by atoms with Crippen molar-refractivity contribution in [3.63, 3.8) is 0 Å². The summed E-state index contributed by atoms with van der Waals surface area (Å²) >= 11 is 0. The highest BCUT2D eigenvalue weighted by molar-refractivity contribution is 5.47. The molecule has 1 aromatic rings. The number of nitrogens with one attached hydrogen (secondary N) is 1. The minimum absolute atomic E-state index is 0.281. The molecular weight excluding hydrogens is 323 g/mol. The fraction of sp³-hybridized carbons (Fsp3) is 0.538. The van der Waals surface area contributed by atoms with Gasteiger partial charge in [-0.2, -0.15) is 0 Å². The van der Waals surface area contributed by atoms with E-state index < -0.39 is 49.4 Å². The van der Waals surface area contributed by atoms with E-state index in [1.54, 1.807) is 0 Å². The number of halogens is 3. The van der Waals surface area contributed by atoms with Gasteiger partial charge in [0, 0.05) is 5.69 Å². The van der Waals surface area contributed by atoms with Crippen molar-refractivity contribution in [3.05, 3.63) is 24.3 Å². The molecule has 1 saturated heterocycles. The van der Waals surface area contributed by atoms with E-state index >= 15 is 0 Å². The maximum Gasteiger partial charge on any atom is 0.573 e. The molecule has 130 valence electrons. The SMILES string of the molecule is OC[C@@H]1O[C@H](Nc2ccc(OC(F)(F)F)cc2)[C@H](O)[C@@H](O)[C@H]1O. The summed E-state index contributed by atoms with van der Waals surface area (Å²) in [6.45, 7) is -0.582. The molecule has 0 unspecified atom stereocenters. The smallest absolute Gasteiger partial charge is 0.406 e. The van der Waals surface area contributed by atoms with Crippen LogP contribution in [0.15, 0.2) is 24.3 Å². The van der Waals surface area contributed by atoms with Crippen LogP contribution in [0.3, 0.4) is 0 Å². The third-order valence-electron chi connectivity index (χ3n) is 3.29. The number of hydrogen-bond donors (Lipinski definition) is 5. The lowest BCUT2D eigenvalue weighted by molar-refractivity contribution is -0.274. The molecule has 0 saturated carbocycles. The molecule has 1 aliphatic heterocycles. The Morgan fingerprint density at radius 2 is 1.65 bits per heavy atom. The molecule has 1 fully saturated rings. The summed E-state index contributed by atoms with van der Waals surface area (Å²) in [6, 6.07) is 4.62. The quantitative estimate of drug-likeness (QED) is 0.516. The van der Waals surface area contributed by atoms with E-state index in [0.29, 0.717) is 0 Å². The number of aliphatic hydroxyl groups excluding tert-OH is 4. The molecule has 7 nitrogen and oxygen atoms in total. The third-order valence-corrected chi connectivity index (χ3v) is 3.29. The van der Waals surface area contributed by atoms with E-state index in [-0.39, 0.29) is 5.69 Å². The van der Waals surface area contributed by atoms with Gasteiger partial charge in [0.1, 0.15) is 30.2 Å². The molecule has 10 heteroatoms. The van der Waals surface area contributed by atoms with Crippen molar-refractivity contribution >= 4 is 5.69 Å². The lowest BCUT2D eigenvalue weighted by atomic mass is 9.98. The van der Waals surface area contributed by atoms with E-state index in [1.165, 1.54) is 12.1 Å². The molecule has 5 N–H and O–H groups in total. The van der Waals surface area contributed by atoms with Crippen LogP contribution in [-0.4, -0.2) is 64.0 Å². The molecule has 2 rings (SSSR count). The van der Waals surface area contributed by atoms with Crippen molar-refractivity contribution < 1.29 is 43.1 Å². The Labute approximate surface area is 128 Å². The van der Waals surface area contributed by atoms with Crippen molar-refractivity contribution in [1.82, 2.24) is 0 Å². The minimum atomic E-state index is -4.80. The van der Waals surface area contributed by atoms with Gasteiger partial charge >= 0.3 is 6.36 Å². The van der Waals surface area contributed by atoms with Gasteiger partial charge in [-0.05, 0) is 24.3 Å². The molecule has 23 heavy (non-hydrogen) atoms. The first-order chi connectivity index (χ1) is 10.7. The van der Waals surface area contributed by atoms with Gasteiger partial charge in [-0.1, -0.05) is 0 Å². The van der Waals surface area contributed by atoms with Gasteiger partial charge in [0.05, 0.1) is 6.61 Å². The first kappa shape index (κ1) is 17.8. The molecule has 0 aromatic heterocycles. The van der Waals surface area contributed by atoms with Gasteiger partial charge < -0.3 is 35.2 Å². The molecule has 0 radical (unpaired) electrons. The average Bonchev–Trinajstić information content (AvgIpc) is 2.48. The molecule has 1 aliphatic rings. The largest absolute Gasteiger partial charge is 0.573 e. The second kappa shape index (κ2) is 6.89. The Hall–Kier alpha value is -1.59. The molecule has 0 amide bonds. The third kappa shape index (κ3) is 4.45. The highest BCUT2D eigenvalue weighted by Gasteiger charge is 2.43. The fourth-order valence-corrected chi connectivity index (χ4v) is 2.14. The summed E-state index contributed by atoms with van der Waals surface area (Å²) in [5.41, 5.74) is 0.281. The summed E-state index contributed by atoms with van der Waals surface area (Å²) in [4.78, 5) is 0. The molecule has 0 spiro atoms. The van der Waals surface area contributed by atoms with Crippen LogP contribution in [0.2, 0.25) is 0 Å². The van der Waals surface area contributed by atoms with Crippen molar-refractivity contribution in [3.8, 4) is 5.75 Å². The Kier molecular flexibility index (Phi) is 5.32. The van der Waals surface area contributed by atoms with Crippen molar-refractivity contribution in [2.24, 2.45) is 0 Å². The molecule has 1 aromatic carbocycles. The monoisotopic (exact) mass is 339 g/mol. The lowest BCUT2D eigenvalue weighted by Crippen LogP contribution is -2.60. The number of benzene rings is 1. The summed E-state index contributed by atoms with van der Waals surface area (Å²) in [7, 11) is 0. The van der Waals surface area contributed by atoms with Crippen LogP contribution < -0.4 is 10.1 Å². The van der Waals surface area contributed by atoms with Crippen LogP contribution in [0.4, 0.5) is 18.9 Å². The van der Waals surface area contributed by atoms with E-state index in [0.717, 1.165) is 12.1 Å². The number of aliphatic hydroxyl groups is 4. The number of ether oxygens (including phenoxy) is 2. The Morgan fingerprint density at radius 1 is 1.04 bits per heavy atom. The standard InChI is InChI=1S/C13H16F3NO6/c14-13(15,16)23-7-3-1-6(2-4-7)17-12-11(21)10(20)9(19)8(5-18)22-12/h1-4,8-12,17-21H,5H2/t8-,9-,10-,11+,12-/m0/s1.